The van der Waals surface area contributed by atoms with Crippen LogP contribution < -0.4 is 37.2 Å². The molecule has 0 radical (unpaired) electrons. The van der Waals surface area contributed by atoms with Crippen LogP contribution in [-0.4, -0.2) is 116 Å². The maximum atomic E-state index is 11.2. The molecule has 0 heterocycles. The summed E-state index contributed by atoms with van der Waals surface area (Å²) in [5.74, 6) is 0. The topological polar surface area (TPSA) is 40.5 Å². The van der Waals surface area contributed by atoms with Crippen molar-refractivity contribution >= 4 is 0 Å². The molecular weight excluding hydrogens is 637 g/mol. The van der Waals surface area contributed by atoms with E-state index in [0.29, 0.717) is 0 Å². The van der Waals surface area contributed by atoms with E-state index in [1.807, 2.05) is 0 Å². The summed E-state index contributed by atoms with van der Waals surface area (Å²) in [5, 5.41) is 22.5. The number of quaternary nitrogens is 3. The molecule has 0 amide bonds. The molecule has 0 rings (SSSR count). The summed E-state index contributed by atoms with van der Waals surface area (Å²) in [7, 11) is 9.13. The second-order valence-corrected chi connectivity index (χ2v) is 15.7. The lowest BCUT2D eigenvalue weighted by molar-refractivity contribution is -0.945. The van der Waals surface area contributed by atoms with Crippen molar-refractivity contribution in [3.05, 3.63) is 0 Å². The van der Waals surface area contributed by atoms with Crippen LogP contribution in [0.25, 0.3) is 0 Å². The van der Waals surface area contributed by atoms with Crippen LogP contribution in [0.3, 0.4) is 0 Å². The van der Waals surface area contributed by atoms with Gasteiger partial charge in [0, 0.05) is 0 Å². The predicted octanol–water partition coefficient (Wildman–Crippen LogP) is -0.429. The Balaban J connectivity index is -0.00000294. The van der Waals surface area contributed by atoms with Crippen LogP contribution in [0, 0.1) is 0 Å². The average Bonchev–Trinajstić information content (AvgIpc) is 2.93. The van der Waals surface area contributed by atoms with Gasteiger partial charge in [0.2, 0.25) is 0 Å². The number of aliphatic hydroxyl groups is 2. The van der Waals surface area contributed by atoms with E-state index in [1.54, 1.807) is 0 Å². The molecule has 0 fully saturated rings. The van der Waals surface area contributed by atoms with Gasteiger partial charge in [-0.2, -0.15) is 0 Å². The van der Waals surface area contributed by atoms with Gasteiger partial charge in [0.25, 0.3) is 0 Å². The first-order valence-electron chi connectivity index (χ1n) is 19.3. The van der Waals surface area contributed by atoms with Crippen molar-refractivity contribution < 1.29 is 60.9 Å². The molecule has 0 spiro atoms. The van der Waals surface area contributed by atoms with Crippen LogP contribution in [0.1, 0.15) is 156 Å². The number of halogens is 3. The Bertz CT molecular complexity index is 574. The van der Waals surface area contributed by atoms with E-state index in [0.717, 1.165) is 65.8 Å². The average molecular weight is 721 g/mol. The Morgan fingerprint density at radius 3 is 0.848 bits per heavy atom. The van der Waals surface area contributed by atoms with E-state index in [1.165, 1.54) is 128 Å². The summed E-state index contributed by atoms with van der Waals surface area (Å²) in [6, 6.07) is 0. The largest absolute Gasteiger partial charge is 1.00 e. The fraction of sp³-hybridized carbons (Fsp3) is 1.00. The lowest BCUT2D eigenvalue weighted by atomic mass is 10.1. The van der Waals surface area contributed by atoms with Gasteiger partial charge in [-0.15, -0.1) is 0 Å². The van der Waals surface area contributed by atoms with Gasteiger partial charge in [-0.05, 0) is 39.5 Å². The second-order valence-electron chi connectivity index (χ2n) is 15.7. The van der Waals surface area contributed by atoms with E-state index in [-0.39, 0.29) is 49.4 Å². The van der Waals surface area contributed by atoms with Crippen LogP contribution in [-0.2, 0) is 0 Å². The Kier molecular flexibility index (Phi) is 38.2. The maximum absolute atomic E-state index is 11.2. The van der Waals surface area contributed by atoms with Gasteiger partial charge in [-0.3, -0.25) is 0 Å². The molecule has 0 saturated carbocycles. The smallest absolute Gasteiger partial charge is 0.152 e. The molecule has 0 bridgehead atoms. The van der Waals surface area contributed by atoms with Gasteiger partial charge in [0.1, 0.15) is 26.2 Å². The van der Waals surface area contributed by atoms with E-state index >= 15 is 0 Å². The summed E-state index contributed by atoms with van der Waals surface area (Å²) < 4.78 is 2.58. The maximum Gasteiger partial charge on any atom is 0.152 e. The quantitative estimate of drug-likeness (QED) is 0.0733. The molecule has 0 aromatic heterocycles. The molecule has 5 nitrogen and oxygen atoms in total. The predicted molar refractivity (Wildman–Crippen MR) is 190 cm³/mol. The highest BCUT2D eigenvalue weighted by atomic mass is 35.5. The van der Waals surface area contributed by atoms with Gasteiger partial charge < -0.3 is 60.9 Å². The SMILES string of the molecule is CCCCCCCCCCCC[N+](C)(C)CC(O)C[N+](CC)(CC)CC(O)C[N+](C)(C)CCCCCCCCCCCC.[Cl-].[Cl-].[Cl-]. The third kappa shape index (κ3) is 30.7. The highest BCUT2D eigenvalue weighted by molar-refractivity contribution is 4.61. The second kappa shape index (κ2) is 32.9. The molecule has 8 heteroatoms. The zero-order chi connectivity index (χ0) is 32.5. The number of unbranched alkanes of at least 4 members (excludes halogenated alkanes) is 18. The molecule has 46 heavy (non-hydrogen) atoms. The fourth-order valence-corrected chi connectivity index (χ4v) is 7.20. The van der Waals surface area contributed by atoms with E-state index < -0.39 is 0 Å². The molecular formula is C38H84Cl3N3O2. The first kappa shape index (κ1) is 53.5. The number of likely N-dealkylation sites (N-methyl/N-ethyl adjacent to an activating group) is 3. The van der Waals surface area contributed by atoms with Gasteiger partial charge in [0.15, 0.2) is 12.2 Å². The Morgan fingerprint density at radius 1 is 0.370 bits per heavy atom. The van der Waals surface area contributed by atoms with E-state index in [2.05, 4.69) is 55.9 Å². The van der Waals surface area contributed by atoms with Crippen LogP contribution in [0.5, 0.6) is 0 Å². The Hall–Kier alpha value is 0.670. The molecule has 0 aliphatic carbocycles. The number of rotatable bonds is 32. The standard InChI is InChI=1S/C38H84N3O2.3ClH/c1-9-13-15-17-19-21-23-25-27-29-31-39(5,6)33-37(42)35-41(11-3,12-4)36-38(43)34-40(7,8)32-30-28-26-24-22-20-18-16-14-10-2;;;/h37-38,42-43H,9-36H2,1-8H3;3*1H/q+3;;;/p-3. The van der Waals surface area contributed by atoms with Crippen LogP contribution in [0.2, 0.25) is 0 Å². The van der Waals surface area contributed by atoms with Crippen LogP contribution >= 0.6 is 0 Å². The summed E-state index contributed by atoms with van der Waals surface area (Å²) >= 11 is 0. The Labute approximate surface area is 308 Å². The summed E-state index contributed by atoms with van der Waals surface area (Å²) in [6.07, 6.45) is 26.7. The lowest BCUT2D eigenvalue weighted by Gasteiger charge is -2.42. The van der Waals surface area contributed by atoms with Gasteiger partial charge in [-0.25, -0.2) is 0 Å². The molecule has 0 aromatic carbocycles. The molecule has 2 N–H and O–H groups in total. The minimum absolute atomic E-state index is 0. The third-order valence-corrected chi connectivity index (χ3v) is 10.2. The molecule has 0 saturated heterocycles. The van der Waals surface area contributed by atoms with Crippen molar-refractivity contribution in [2.45, 2.75) is 168 Å². The van der Waals surface area contributed by atoms with Crippen molar-refractivity contribution in [1.82, 2.24) is 0 Å². The van der Waals surface area contributed by atoms with Crippen LogP contribution in [0.15, 0.2) is 0 Å². The summed E-state index contributed by atoms with van der Waals surface area (Å²) in [4.78, 5) is 0. The summed E-state index contributed by atoms with van der Waals surface area (Å²) in [6.45, 7) is 16.3. The highest BCUT2D eigenvalue weighted by Gasteiger charge is 2.34. The zero-order valence-electron chi connectivity index (χ0n) is 32.3. The zero-order valence-corrected chi connectivity index (χ0v) is 34.6. The number of aliphatic hydroxyl groups excluding tert-OH is 2. The number of hydrogen-bond donors (Lipinski definition) is 2. The van der Waals surface area contributed by atoms with E-state index in [9.17, 15) is 10.2 Å². The van der Waals surface area contributed by atoms with Crippen molar-refractivity contribution in [1.29, 1.82) is 0 Å². The number of nitrogens with zero attached hydrogens (tertiary/aromatic N) is 3. The van der Waals surface area contributed by atoms with Crippen molar-refractivity contribution in [3.8, 4) is 0 Å². The minimum atomic E-state index is -0.334. The van der Waals surface area contributed by atoms with Crippen LogP contribution in [0.4, 0.5) is 0 Å². The minimum Gasteiger partial charge on any atom is -1.00 e. The summed E-state index contributed by atoms with van der Waals surface area (Å²) in [5.41, 5.74) is 0. The van der Waals surface area contributed by atoms with Crippen molar-refractivity contribution in [2.24, 2.45) is 0 Å². The Morgan fingerprint density at radius 2 is 0.609 bits per heavy atom. The highest BCUT2D eigenvalue weighted by Crippen LogP contribution is 2.17. The third-order valence-electron chi connectivity index (χ3n) is 10.2. The molecule has 2 atom stereocenters. The lowest BCUT2D eigenvalue weighted by Crippen LogP contribution is -3.00. The normalized spacial score (nSPS) is 13.4. The van der Waals surface area contributed by atoms with Crippen molar-refractivity contribution in [3.63, 3.8) is 0 Å². The molecule has 0 aliphatic rings. The van der Waals surface area contributed by atoms with Gasteiger partial charge in [-0.1, -0.05) is 117 Å². The number of hydrogen-bond acceptors (Lipinski definition) is 2. The molecule has 284 valence electrons. The van der Waals surface area contributed by atoms with E-state index in [4.69, 9.17) is 0 Å². The van der Waals surface area contributed by atoms with Gasteiger partial charge >= 0.3 is 0 Å². The first-order chi connectivity index (χ1) is 20.4. The van der Waals surface area contributed by atoms with Gasteiger partial charge in [0.05, 0.1) is 54.4 Å². The first-order valence-corrected chi connectivity index (χ1v) is 19.3. The van der Waals surface area contributed by atoms with Crippen molar-refractivity contribution in [2.75, 3.05) is 80.5 Å². The molecule has 2 unspecified atom stereocenters. The monoisotopic (exact) mass is 720 g/mol. The fourth-order valence-electron chi connectivity index (χ4n) is 7.20. The molecule has 0 aliphatic heterocycles. The molecule has 0 aromatic rings.